The van der Waals surface area contributed by atoms with Crippen LogP contribution in [0.15, 0.2) is 24.3 Å². The zero-order valence-corrected chi connectivity index (χ0v) is 21.7. The van der Waals surface area contributed by atoms with Crippen LogP contribution in [0.5, 0.6) is 0 Å². The Morgan fingerprint density at radius 2 is 1.27 bits per heavy atom. The first-order valence-electron chi connectivity index (χ1n) is 9.57. The third-order valence-corrected chi connectivity index (χ3v) is 5.71. The minimum atomic E-state index is -1.57. The molecule has 3 aliphatic carbocycles. The summed E-state index contributed by atoms with van der Waals surface area (Å²) in [4.78, 5) is 0. The van der Waals surface area contributed by atoms with Crippen LogP contribution >= 0.6 is 17.0 Å². The van der Waals surface area contributed by atoms with Gasteiger partial charge in [0, 0.05) is 11.1 Å². The van der Waals surface area contributed by atoms with E-state index in [0.717, 1.165) is 13.3 Å². The van der Waals surface area contributed by atoms with Gasteiger partial charge in [-0.3, -0.25) is 0 Å². The van der Waals surface area contributed by atoms with Gasteiger partial charge in [-0.15, -0.1) is 0 Å². The number of hydrogen-bond acceptors (Lipinski definition) is 0. The molecule has 3 atom stereocenters. The summed E-state index contributed by atoms with van der Waals surface area (Å²) in [5.41, 5.74) is -0.744. The fourth-order valence-electron chi connectivity index (χ4n) is 4.28. The van der Waals surface area contributed by atoms with Crippen LogP contribution in [0.3, 0.4) is 0 Å². The van der Waals surface area contributed by atoms with Gasteiger partial charge in [0.15, 0.2) is 17.5 Å². The summed E-state index contributed by atoms with van der Waals surface area (Å²) in [5.74, 6) is -5.59. The quantitative estimate of drug-likeness (QED) is 0.143. The second-order valence-corrected chi connectivity index (χ2v) is 11.1. The van der Waals surface area contributed by atoms with E-state index in [2.05, 4.69) is 0 Å². The zero-order chi connectivity index (χ0) is 20.7. The van der Waals surface area contributed by atoms with Crippen LogP contribution in [0.1, 0.15) is 62.0 Å². The van der Waals surface area contributed by atoms with Gasteiger partial charge in [0.2, 0.25) is 0 Å². The summed E-state index contributed by atoms with van der Waals surface area (Å²) in [6.45, 7) is 1.14. The van der Waals surface area contributed by atoms with Crippen molar-refractivity contribution in [3.8, 4) is 0 Å². The van der Waals surface area contributed by atoms with E-state index in [1.54, 1.807) is 0 Å². The number of rotatable bonds is 1. The molecule has 2 saturated carbocycles. The Balaban J connectivity index is 0.000000717. The molecular formula is C23H30Cl2F4Zr. The molecule has 0 amide bonds. The van der Waals surface area contributed by atoms with Crippen molar-refractivity contribution in [2.24, 2.45) is 11.8 Å². The first-order chi connectivity index (χ1) is 13.4. The average Bonchev–Trinajstić information content (AvgIpc) is 3.40. The van der Waals surface area contributed by atoms with Crippen molar-refractivity contribution in [1.82, 2.24) is 0 Å². The summed E-state index contributed by atoms with van der Waals surface area (Å²) in [5, 5.41) is 0. The maximum absolute atomic E-state index is 14.2. The van der Waals surface area contributed by atoms with E-state index < -0.39 is 55.6 Å². The normalized spacial score (nSPS) is 23.0. The maximum atomic E-state index is 14.2. The van der Waals surface area contributed by atoms with E-state index >= 15 is 0 Å². The van der Waals surface area contributed by atoms with E-state index in [0.29, 0.717) is 6.42 Å². The first-order valence-corrected chi connectivity index (χ1v) is 15.9. The van der Waals surface area contributed by atoms with Crippen molar-refractivity contribution >= 4 is 17.0 Å². The molecule has 4 rings (SSSR count). The number of hydrogen-bond donors (Lipinski definition) is 0. The van der Waals surface area contributed by atoms with Gasteiger partial charge < -0.3 is 14.9 Å². The fourth-order valence-corrected chi connectivity index (χ4v) is 4.28. The summed E-state index contributed by atoms with van der Waals surface area (Å²) in [7, 11) is 9.87. The minimum absolute atomic E-state index is 0. The van der Waals surface area contributed by atoms with Crippen molar-refractivity contribution in [2.45, 2.75) is 57.8 Å². The van der Waals surface area contributed by atoms with E-state index in [1.807, 2.05) is 24.3 Å². The fraction of sp³-hybridized carbons (Fsp3) is 0.478. The second-order valence-electron chi connectivity index (χ2n) is 7.33. The Kier molecular flexibility index (Phi) is 14.8. The predicted molar refractivity (Wildman–Crippen MR) is 116 cm³/mol. The molecule has 0 saturated heterocycles. The Morgan fingerprint density at radius 1 is 0.767 bits per heavy atom. The van der Waals surface area contributed by atoms with Gasteiger partial charge in [0.05, 0.1) is 0 Å². The van der Waals surface area contributed by atoms with Gasteiger partial charge in [-0.25, -0.2) is 17.6 Å². The molecule has 0 heterocycles. The molecule has 0 aliphatic heterocycles. The van der Waals surface area contributed by atoms with Crippen LogP contribution in [-0.2, 0) is 20.8 Å². The van der Waals surface area contributed by atoms with Crippen molar-refractivity contribution in [2.75, 3.05) is 0 Å². The molecule has 0 N–H and O–H groups in total. The van der Waals surface area contributed by atoms with Gasteiger partial charge in [0.1, 0.15) is 5.82 Å². The van der Waals surface area contributed by atoms with Crippen molar-refractivity contribution in [3.63, 3.8) is 0 Å². The molecule has 1 aromatic rings. The summed E-state index contributed by atoms with van der Waals surface area (Å²) >= 11 is -0.826. The topological polar surface area (TPSA) is 0 Å². The number of fused-ring (bicyclic) bond motifs is 1. The molecular weight excluding hydrogens is 514 g/mol. The van der Waals surface area contributed by atoms with Crippen LogP contribution in [0.25, 0.3) is 0 Å². The summed E-state index contributed by atoms with van der Waals surface area (Å²) in [6, 6.07) is 0. The van der Waals surface area contributed by atoms with Crippen molar-refractivity contribution < 1.29 is 38.4 Å². The van der Waals surface area contributed by atoms with E-state index in [-0.39, 0.29) is 32.3 Å². The van der Waals surface area contributed by atoms with Gasteiger partial charge in [-0.05, 0) is 37.5 Å². The summed E-state index contributed by atoms with van der Waals surface area (Å²) < 4.78 is 55.2. The molecule has 0 spiro atoms. The molecule has 3 aliphatic rings. The molecule has 0 nitrogen and oxygen atoms in total. The number of allylic oxidation sites excluding steroid dienone is 4. The van der Waals surface area contributed by atoms with Crippen LogP contribution in [0.2, 0.25) is 0 Å². The van der Waals surface area contributed by atoms with E-state index in [1.165, 1.54) is 32.1 Å². The number of benzene rings is 1. The molecule has 0 radical (unpaired) electrons. The molecule has 0 bridgehead atoms. The predicted octanol–water partition coefficient (Wildman–Crippen LogP) is 9.01. The van der Waals surface area contributed by atoms with Crippen LogP contribution in [0, 0.1) is 56.9 Å². The van der Waals surface area contributed by atoms with Crippen LogP contribution in [0.4, 0.5) is 17.6 Å². The SMILES string of the molecule is C1CCCC1.Cc1c(F)c(F)c(F)c(C2CCC3C=CC=CC32)c1F.[CH3-].[CH3-].[Cl][Zr+2][Cl]. The zero-order valence-electron chi connectivity index (χ0n) is 17.8. The molecule has 2 fully saturated rings. The van der Waals surface area contributed by atoms with E-state index in [9.17, 15) is 17.6 Å². The standard InChI is InChI=1S/C16H14F4.C5H10.2CH3.2ClH.Zr/c1-8-13(17)12(15(19)16(20)14(8)18)11-7-6-9-4-2-3-5-10(9)11;1-2-4-5-3-1;;;;;/h2-5,9-11H,6-7H2,1H3;1-5H2;2*1H3;2*1H;/q;;2*-1;;;+4/p-2. The first kappa shape index (κ1) is 29.9. The molecule has 168 valence electrons. The molecule has 30 heavy (non-hydrogen) atoms. The average molecular weight is 545 g/mol. The Bertz CT molecular complexity index is 681. The third-order valence-electron chi connectivity index (χ3n) is 5.71. The van der Waals surface area contributed by atoms with Crippen molar-refractivity contribution in [1.29, 1.82) is 0 Å². The van der Waals surface area contributed by atoms with E-state index in [4.69, 9.17) is 17.0 Å². The van der Waals surface area contributed by atoms with Crippen LogP contribution in [-0.4, -0.2) is 0 Å². The molecule has 0 aromatic heterocycles. The van der Waals surface area contributed by atoms with Crippen molar-refractivity contribution in [3.05, 3.63) is 73.6 Å². The van der Waals surface area contributed by atoms with Gasteiger partial charge >= 0.3 is 37.9 Å². The third kappa shape index (κ3) is 7.21. The second kappa shape index (κ2) is 14.9. The van der Waals surface area contributed by atoms with Gasteiger partial charge in [0.25, 0.3) is 0 Å². The molecule has 7 heteroatoms. The monoisotopic (exact) mass is 542 g/mol. The Hall–Kier alpha value is -0.117. The van der Waals surface area contributed by atoms with Gasteiger partial charge in [-0.1, -0.05) is 56.4 Å². The number of halogens is 6. The summed E-state index contributed by atoms with van der Waals surface area (Å²) in [6.07, 6.45) is 16.5. The Morgan fingerprint density at radius 3 is 1.80 bits per heavy atom. The molecule has 1 aromatic carbocycles. The molecule has 3 unspecified atom stereocenters. The van der Waals surface area contributed by atoms with Crippen LogP contribution < -0.4 is 0 Å². The van der Waals surface area contributed by atoms with Gasteiger partial charge in [-0.2, -0.15) is 0 Å². The Labute approximate surface area is 197 Å².